The van der Waals surface area contributed by atoms with Crippen molar-refractivity contribution in [2.24, 2.45) is 0 Å². The lowest BCUT2D eigenvalue weighted by Gasteiger charge is -2.27. The van der Waals surface area contributed by atoms with Crippen molar-refractivity contribution in [3.63, 3.8) is 0 Å². The Morgan fingerprint density at radius 2 is 2.06 bits per heavy atom. The fourth-order valence-electron chi connectivity index (χ4n) is 1.87. The molecule has 0 saturated carbocycles. The zero-order chi connectivity index (χ0) is 13.3. The van der Waals surface area contributed by atoms with Gasteiger partial charge in [0, 0.05) is 12.2 Å². The molecular weight excluding hydrogens is 247 g/mol. The number of morpholine rings is 1. The van der Waals surface area contributed by atoms with Crippen molar-refractivity contribution in [3.8, 4) is 0 Å². The number of carbonyl (C=O) groups is 1. The van der Waals surface area contributed by atoms with E-state index in [1.165, 1.54) is 24.0 Å². The number of nitrogens with zero attached hydrogens (tertiary/aromatic N) is 1. The maximum Gasteiger partial charge on any atom is 0.416 e. The van der Waals surface area contributed by atoms with Gasteiger partial charge >= 0.3 is 6.18 Å². The molecule has 0 N–H and O–H groups in total. The van der Waals surface area contributed by atoms with Crippen LogP contribution in [0, 0.1) is 6.92 Å². The number of rotatable bonds is 1. The molecule has 1 aliphatic heterocycles. The summed E-state index contributed by atoms with van der Waals surface area (Å²) < 4.78 is 43.2. The molecule has 1 amide bonds. The third-order valence-electron chi connectivity index (χ3n) is 2.82. The molecule has 0 aromatic heterocycles. The SMILES string of the molecule is Cc1ccc(N2CCOCC2=O)cc1C(F)(F)F. The number of hydrogen-bond acceptors (Lipinski definition) is 2. The Labute approximate surface area is 102 Å². The topological polar surface area (TPSA) is 29.5 Å². The molecular formula is C12H12F3NO2. The maximum atomic E-state index is 12.8. The quantitative estimate of drug-likeness (QED) is 0.775. The van der Waals surface area contributed by atoms with Crippen molar-refractivity contribution >= 4 is 11.6 Å². The van der Waals surface area contributed by atoms with Crippen LogP contribution in [0.15, 0.2) is 18.2 Å². The predicted octanol–water partition coefficient (Wildman–Crippen LogP) is 2.38. The summed E-state index contributed by atoms with van der Waals surface area (Å²) in [6.45, 7) is 1.92. The molecule has 6 heteroatoms. The van der Waals surface area contributed by atoms with Gasteiger partial charge in [0.05, 0.1) is 12.2 Å². The molecule has 1 aliphatic rings. The minimum atomic E-state index is -4.41. The van der Waals surface area contributed by atoms with Crippen molar-refractivity contribution in [1.29, 1.82) is 0 Å². The summed E-state index contributed by atoms with van der Waals surface area (Å²) in [5.74, 6) is -0.321. The summed E-state index contributed by atoms with van der Waals surface area (Å²) >= 11 is 0. The molecule has 0 unspecified atom stereocenters. The predicted molar refractivity (Wildman–Crippen MR) is 59.4 cm³/mol. The average molecular weight is 259 g/mol. The Balaban J connectivity index is 2.37. The van der Waals surface area contributed by atoms with Gasteiger partial charge in [-0.05, 0) is 24.6 Å². The van der Waals surface area contributed by atoms with Crippen molar-refractivity contribution in [2.75, 3.05) is 24.7 Å². The first-order valence-corrected chi connectivity index (χ1v) is 5.45. The van der Waals surface area contributed by atoms with Crippen molar-refractivity contribution in [2.45, 2.75) is 13.1 Å². The zero-order valence-electron chi connectivity index (χ0n) is 9.75. The number of benzene rings is 1. The van der Waals surface area contributed by atoms with Crippen molar-refractivity contribution < 1.29 is 22.7 Å². The number of carbonyl (C=O) groups excluding carboxylic acids is 1. The smallest absolute Gasteiger partial charge is 0.370 e. The van der Waals surface area contributed by atoms with Crippen LogP contribution in [0.4, 0.5) is 18.9 Å². The number of ether oxygens (including phenoxy) is 1. The van der Waals surface area contributed by atoms with Crippen LogP contribution in [0.25, 0.3) is 0 Å². The summed E-state index contributed by atoms with van der Waals surface area (Å²) in [6, 6.07) is 3.91. The van der Waals surface area contributed by atoms with Gasteiger partial charge in [-0.1, -0.05) is 6.07 Å². The summed E-state index contributed by atoms with van der Waals surface area (Å²) in [6.07, 6.45) is -4.41. The monoisotopic (exact) mass is 259 g/mol. The lowest BCUT2D eigenvalue weighted by molar-refractivity contribution is -0.138. The van der Waals surface area contributed by atoms with Gasteiger partial charge in [-0.15, -0.1) is 0 Å². The van der Waals surface area contributed by atoms with Crippen LogP contribution in [0.3, 0.4) is 0 Å². The summed E-state index contributed by atoms with van der Waals surface area (Å²) in [5, 5.41) is 0. The molecule has 1 heterocycles. The van der Waals surface area contributed by atoms with Crippen molar-refractivity contribution in [1.82, 2.24) is 0 Å². The minimum absolute atomic E-state index is 0.0881. The van der Waals surface area contributed by atoms with Gasteiger partial charge in [-0.3, -0.25) is 4.79 Å². The summed E-state index contributed by atoms with van der Waals surface area (Å²) in [4.78, 5) is 12.9. The molecule has 0 aliphatic carbocycles. The van der Waals surface area contributed by atoms with E-state index in [0.29, 0.717) is 6.61 Å². The van der Waals surface area contributed by atoms with E-state index >= 15 is 0 Å². The summed E-state index contributed by atoms with van der Waals surface area (Å²) in [7, 11) is 0. The number of aryl methyl sites for hydroxylation is 1. The Bertz CT molecular complexity index is 471. The molecule has 18 heavy (non-hydrogen) atoms. The number of halogens is 3. The summed E-state index contributed by atoms with van der Waals surface area (Å²) in [5.41, 5.74) is -0.299. The van der Waals surface area contributed by atoms with Gasteiger partial charge < -0.3 is 9.64 Å². The van der Waals surface area contributed by atoms with E-state index < -0.39 is 11.7 Å². The molecule has 3 nitrogen and oxygen atoms in total. The van der Waals surface area contributed by atoms with Crippen LogP contribution < -0.4 is 4.90 Å². The lowest BCUT2D eigenvalue weighted by Crippen LogP contribution is -2.41. The zero-order valence-corrected chi connectivity index (χ0v) is 9.75. The third-order valence-corrected chi connectivity index (χ3v) is 2.82. The van der Waals surface area contributed by atoms with E-state index in [0.717, 1.165) is 6.07 Å². The standard InChI is InChI=1S/C12H12F3NO2/c1-8-2-3-9(6-10(8)12(13,14)15)16-4-5-18-7-11(16)17/h2-3,6H,4-5,7H2,1H3. The molecule has 1 aromatic carbocycles. The number of amides is 1. The molecule has 98 valence electrons. The van der Waals surface area contributed by atoms with E-state index in [2.05, 4.69) is 0 Å². The van der Waals surface area contributed by atoms with Crippen LogP contribution in [-0.4, -0.2) is 25.7 Å². The van der Waals surface area contributed by atoms with E-state index in [1.54, 1.807) is 0 Å². The number of alkyl halides is 3. The van der Waals surface area contributed by atoms with Crippen LogP contribution in [0.2, 0.25) is 0 Å². The minimum Gasteiger partial charge on any atom is -0.370 e. The van der Waals surface area contributed by atoms with Gasteiger partial charge in [0.25, 0.3) is 5.91 Å². The number of hydrogen-bond donors (Lipinski definition) is 0. The molecule has 1 saturated heterocycles. The van der Waals surface area contributed by atoms with Crippen LogP contribution >= 0.6 is 0 Å². The molecule has 1 fully saturated rings. The molecule has 0 spiro atoms. The Morgan fingerprint density at radius 3 is 2.67 bits per heavy atom. The first-order valence-electron chi connectivity index (χ1n) is 5.45. The first-order chi connectivity index (χ1) is 8.39. The van der Waals surface area contributed by atoms with E-state index in [-0.39, 0.29) is 30.3 Å². The maximum absolute atomic E-state index is 12.8. The highest BCUT2D eigenvalue weighted by atomic mass is 19.4. The highest BCUT2D eigenvalue weighted by Crippen LogP contribution is 2.34. The average Bonchev–Trinajstić information content (AvgIpc) is 2.29. The normalized spacial score (nSPS) is 17.1. The van der Waals surface area contributed by atoms with Crippen LogP contribution in [0.5, 0.6) is 0 Å². The highest BCUT2D eigenvalue weighted by Gasteiger charge is 2.33. The Hall–Kier alpha value is -1.56. The highest BCUT2D eigenvalue weighted by molar-refractivity contribution is 5.94. The van der Waals surface area contributed by atoms with E-state index in [9.17, 15) is 18.0 Å². The molecule has 2 rings (SSSR count). The first kappa shape index (κ1) is 12.9. The second-order valence-electron chi connectivity index (χ2n) is 4.09. The van der Waals surface area contributed by atoms with E-state index in [1.807, 2.05) is 0 Å². The van der Waals surface area contributed by atoms with Gasteiger partial charge in [-0.2, -0.15) is 13.2 Å². The van der Waals surface area contributed by atoms with Crippen LogP contribution in [0.1, 0.15) is 11.1 Å². The molecule has 1 aromatic rings. The van der Waals surface area contributed by atoms with Gasteiger partial charge in [0.2, 0.25) is 0 Å². The van der Waals surface area contributed by atoms with Gasteiger partial charge in [0.15, 0.2) is 0 Å². The molecule has 0 bridgehead atoms. The second-order valence-corrected chi connectivity index (χ2v) is 4.09. The fraction of sp³-hybridized carbons (Fsp3) is 0.417. The largest absolute Gasteiger partial charge is 0.416 e. The van der Waals surface area contributed by atoms with Crippen LogP contribution in [-0.2, 0) is 15.7 Å². The van der Waals surface area contributed by atoms with E-state index in [4.69, 9.17) is 4.74 Å². The third kappa shape index (κ3) is 2.48. The fourth-order valence-corrected chi connectivity index (χ4v) is 1.87. The molecule has 0 atom stereocenters. The van der Waals surface area contributed by atoms with Gasteiger partial charge in [0.1, 0.15) is 6.61 Å². The van der Waals surface area contributed by atoms with Gasteiger partial charge in [-0.25, -0.2) is 0 Å². The lowest BCUT2D eigenvalue weighted by atomic mass is 10.1. The second kappa shape index (κ2) is 4.61. The Kier molecular flexibility index (Phi) is 3.30. The Morgan fingerprint density at radius 1 is 1.33 bits per heavy atom. The van der Waals surface area contributed by atoms with Crippen molar-refractivity contribution in [3.05, 3.63) is 29.3 Å². The number of anilines is 1. The molecule has 0 radical (unpaired) electrons.